The molecule has 0 spiro atoms. The van der Waals surface area contributed by atoms with E-state index in [4.69, 9.17) is 4.74 Å². The average Bonchev–Trinajstić information content (AvgIpc) is 2.81. The van der Waals surface area contributed by atoms with Crippen LogP contribution in [0.3, 0.4) is 0 Å². The molecule has 1 saturated heterocycles. The van der Waals surface area contributed by atoms with E-state index in [1.165, 1.54) is 10.8 Å². The maximum absolute atomic E-state index is 11.8. The van der Waals surface area contributed by atoms with Gasteiger partial charge in [-0.25, -0.2) is 4.79 Å². The van der Waals surface area contributed by atoms with Crippen LogP contribution in [0.4, 0.5) is 0 Å². The summed E-state index contributed by atoms with van der Waals surface area (Å²) in [7, 11) is 0. The van der Waals surface area contributed by atoms with Crippen molar-refractivity contribution in [2.24, 2.45) is 0 Å². The molecule has 0 unspecified atom stereocenters. The summed E-state index contributed by atoms with van der Waals surface area (Å²) < 4.78 is 6.87. The fourth-order valence-electron chi connectivity index (χ4n) is 2.97. The maximum atomic E-state index is 11.8. The van der Waals surface area contributed by atoms with Crippen LogP contribution in [0.2, 0.25) is 0 Å². The first kappa shape index (κ1) is 12.6. The normalized spacial score (nSPS) is 37.5. The molecule has 0 aromatic carbocycles. The number of nitrogens with zero attached hydrogens (tertiary/aromatic N) is 1. The zero-order chi connectivity index (χ0) is 13.8. The second-order valence-electron chi connectivity index (χ2n) is 5.40. The first-order valence-corrected chi connectivity index (χ1v) is 6.29. The lowest BCUT2D eigenvalue weighted by molar-refractivity contribution is -0.0854. The summed E-state index contributed by atoms with van der Waals surface area (Å²) in [6, 6.07) is 0. The van der Waals surface area contributed by atoms with E-state index in [0.717, 1.165) is 0 Å². The zero-order valence-corrected chi connectivity index (χ0v) is 10.5. The summed E-state index contributed by atoms with van der Waals surface area (Å²) in [5.74, 6) is 0. The number of ether oxygens (including phenoxy) is 1. The molecule has 7 nitrogen and oxygen atoms in total. The maximum Gasteiger partial charge on any atom is 0.330 e. The van der Waals surface area contributed by atoms with Crippen molar-refractivity contribution >= 4 is 0 Å². The van der Waals surface area contributed by atoms with Gasteiger partial charge in [-0.05, 0) is 19.8 Å². The van der Waals surface area contributed by atoms with Crippen LogP contribution < -0.4 is 11.2 Å². The number of aromatic amines is 1. The SMILES string of the molecule is Cc1cn([C@H]2C[C@@]3(O)CC[C@@H](O)[C@H]3O2)c(=O)[nH]c1=O. The summed E-state index contributed by atoms with van der Waals surface area (Å²) in [6.45, 7) is 1.59. The van der Waals surface area contributed by atoms with Crippen molar-refractivity contribution in [3.8, 4) is 0 Å². The molecule has 7 heteroatoms. The molecule has 1 aliphatic heterocycles. The molecule has 1 aromatic heterocycles. The van der Waals surface area contributed by atoms with Gasteiger partial charge in [-0.1, -0.05) is 0 Å². The predicted molar refractivity (Wildman–Crippen MR) is 64.8 cm³/mol. The minimum atomic E-state index is -1.09. The van der Waals surface area contributed by atoms with Crippen LogP contribution >= 0.6 is 0 Å². The molecule has 19 heavy (non-hydrogen) atoms. The van der Waals surface area contributed by atoms with Crippen molar-refractivity contribution < 1.29 is 14.9 Å². The lowest BCUT2D eigenvalue weighted by Crippen LogP contribution is -2.37. The van der Waals surface area contributed by atoms with Gasteiger partial charge in [0, 0.05) is 18.2 Å². The second-order valence-corrected chi connectivity index (χ2v) is 5.40. The number of aryl methyl sites for hydroxylation is 1. The van der Waals surface area contributed by atoms with Gasteiger partial charge >= 0.3 is 5.69 Å². The molecule has 1 aliphatic carbocycles. The van der Waals surface area contributed by atoms with E-state index in [0.29, 0.717) is 18.4 Å². The highest BCUT2D eigenvalue weighted by atomic mass is 16.6. The Kier molecular flexibility index (Phi) is 2.67. The van der Waals surface area contributed by atoms with Crippen LogP contribution in [0.15, 0.2) is 15.8 Å². The smallest absolute Gasteiger partial charge is 0.330 e. The molecule has 2 aliphatic rings. The average molecular weight is 268 g/mol. The number of hydrogen-bond acceptors (Lipinski definition) is 5. The van der Waals surface area contributed by atoms with Crippen LogP contribution in [-0.4, -0.2) is 37.6 Å². The summed E-state index contributed by atoms with van der Waals surface area (Å²) in [5, 5.41) is 20.1. The number of aromatic nitrogens is 2. The van der Waals surface area contributed by atoms with E-state index in [2.05, 4.69) is 4.98 Å². The molecular formula is C12H16N2O5. The van der Waals surface area contributed by atoms with Gasteiger partial charge in [0.2, 0.25) is 0 Å². The molecular weight excluding hydrogens is 252 g/mol. The van der Waals surface area contributed by atoms with Gasteiger partial charge < -0.3 is 14.9 Å². The minimum Gasteiger partial charge on any atom is -0.390 e. The van der Waals surface area contributed by atoms with Crippen molar-refractivity contribution in [3.05, 3.63) is 32.6 Å². The van der Waals surface area contributed by atoms with Gasteiger partial charge in [-0.3, -0.25) is 14.3 Å². The Morgan fingerprint density at radius 3 is 2.95 bits per heavy atom. The highest BCUT2D eigenvalue weighted by Gasteiger charge is 2.55. The number of fused-ring (bicyclic) bond motifs is 1. The van der Waals surface area contributed by atoms with Gasteiger partial charge in [0.05, 0.1) is 11.7 Å². The van der Waals surface area contributed by atoms with E-state index in [1.807, 2.05) is 0 Å². The fraction of sp³-hybridized carbons (Fsp3) is 0.667. The molecule has 1 saturated carbocycles. The van der Waals surface area contributed by atoms with Gasteiger partial charge in [0.25, 0.3) is 5.56 Å². The Hall–Kier alpha value is -1.44. The Labute approximate surface area is 108 Å². The number of H-pyrrole nitrogens is 1. The highest BCUT2D eigenvalue weighted by molar-refractivity contribution is 5.07. The van der Waals surface area contributed by atoms with Crippen molar-refractivity contribution in [1.82, 2.24) is 9.55 Å². The second kappa shape index (κ2) is 4.03. The molecule has 3 N–H and O–H groups in total. The van der Waals surface area contributed by atoms with E-state index in [-0.39, 0.29) is 6.42 Å². The van der Waals surface area contributed by atoms with Crippen molar-refractivity contribution in [2.45, 2.75) is 50.2 Å². The molecule has 0 bridgehead atoms. The Morgan fingerprint density at radius 2 is 2.26 bits per heavy atom. The lowest BCUT2D eigenvalue weighted by atomic mass is 9.97. The van der Waals surface area contributed by atoms with Crippen molar-refractivity contribution in [3.63, 3.8) is 0 Å². The predicted octanol–water partition coefficient (Wildman–Crippen LogP) is -0.982. The fourth-order valence-corrected chi connectivity index (χ4v) is 2.97. The summed E-state index contributed by atoms with van der Waals surface area (Å²) in [5.41, 5.74) is -1.70. The molecule has 2 heterocycles. The van der Waals surface area contributed by atoms with Crippen LogP contribution in [-0.2, 0) is 4.74 Å². The Balaban J connectivity index is 1.96. The third-order valence-corrected chi connectivity index (χ3v) is 4.04. The quantitative estimate of drug-likeness (QED) is 0.607. The molecule has 2 fully saturated rings. The zero-order valence-electron chi connectivity index (χ0n) is 10.5. The minimum absolute atomic E-state index is 0.236. The number of hydrogen-bond donors (Lipinski definition) is 3. The van der Waals surface area contributed by atoms with Crippen LogP contribution in [0.25, 0.3) is 0 Å². The first-order chi connectivity index (χ1) is 8.90. The number of rotatable bonds is 1. The summed E-state index contributed by atoms with van der Waals surface area (Å²) in [6.07, 6.45) is 0.557. The third-order valence-electron chi connectivity index (χ3n) is 4.04. The standard InChI is InChI=1S/C12H16N2O5/c1-6-5-14(11(17)13-10(6)16)8-4-12(18)3-2-7(15)9(12)19-8/h5,7-9,15,18H,2-4H2,1H3,(H,13,16,17)/t7-,8-,9-,12+/m1/s1. The van der Waals surface area contributed by atoms with Gasteiger partial charge in [-0.15, -0.1) is 0 Å². The Bertz CT molecular complexity index is 621. The molecule has 4 atom stereocenters. The number of nitrogens with one attached hydrogen (secondary N) is 1. The van der Waals surface area contributed by atoms with E-state index in [9.17, 15) is 19.8 Å². The number of aliphatic hydroxyl groups is 2. The van der Waals surface area contributed by atoms with Crippen molar-refractivity contribution in [2.75, 3.05) is 0 Å². The third kappa shape index (κ3) is 1.85. The van der Waals surface area contributed by atoms with Crippen molar-refractivity contribution in [1.29, 1.82) is 0 Å². The topological polar surface area (TPSA) is 105 Å². The van der Waals surface area contributed by atoms with Gasteiger partial charge in [0.15, 0.2) is 0 Å². The first-order valence-electron chi connectivity index (χ1n) is 6.29. The molecule has 3 rings (SSSR count). The lowest BCUT2D eigenvalue weighted by Gasteiger charge is -2.20. The molecule has 0 amide bonds. The largest absolute Gasteiger partial charge is 0.390 e. The van der Waals surface area contributed by atoms with E-state index in [1.54, 1.807) is 6.92 Å². The Morgan fingerprint density at radius 1 is 1.53 bits per heavy atom. The molecule has 1 aromatic rings. The highest BCUT2D eigenvalue weighted by Crippen LogP contribution is 2.45. The molecule has 104 valence electrons. The number of aliphatic hydroxyl groups excluding tert-OH is 1. The van der Waals surface area contributed by atoms with Crippen LogP contribution in [0.5, 0.6) is 0 Å². The van der Waals surface area contributed by atoms with E-state index >= 15 is 0 Å². The van der Waals surface area contributed by atoms with Gasteiger partial charge in [0.1, 0.15) is 12.3 Å². The molecule has 0 radical (unpaired) electrons. The summed E-state index contributed by atoms with van der Waals surface area (Å²) >= 11 is 0. The monoisotopic (exact) mass is 268 g/mol. The van der Waals surface area contributed by atoms with Gasteiger partial charge in [-0.2, -0.15) is 0 Å². The van der Waals surface area contributed by atoms with Crippen LogP contribution in [0.1, 0.15) is 31.1 Å². The van der Waals surface area contributed by atoms with E-state index < -0.39 is 35.3 Å². The van der Waals surface area contributed by atoms with Crippen LogP contribution in [0, 0.1) is 6.92 Å². The summed E-state index contributed by atoms with van der Waals surface area (Å²) in [4.78, 5) is 25.3.